The van der Waals surface area contributed by atoms with Crippen molar-refractivity contribution in [2.45, 2.75) is 6.92 Å². The van der Waals surface area contributed by atoms with Crippen LogP contribution in [0.1, 0.15) is 12.5 Å². The Morgan fingerprint density at radius 3 is 2.44 bits per heavy atom. The number of methoxy groups -OCH3 is 1. The average Bonchev–Trinajstić information content (AvgIpc) is 2.68. The number of ether oxygens (including phenoxy) is 2. The number of pyridine rings is 1. The van der Waals surface area contributed by atoms with Gasteiger partial charge in [-0.25, -0.2) is 0 Å². The van der Waals surface area contributed by atoms with Crippen LogP contribution in [0.3, 0.4) is 0 Å². The third-order valence-electron chi connectivity index (χ3n) is 4.11. The van der Waals surface area contributed by atoms with Crippen molar-refractivity contribution in [3.63, 3.8) is 0 Å². The number of phenols is 1. The standard InChI is InChI=1S/C21H18N2O4/c1-3-27-15-7-4-13(5-8-15)18-11-16(17(12-22)21(25)23-18)14-6-9-19(24)20(10-14)26-2/h4-11,24H,3H2,1-2H3,(H,23,25). The number of rotatable bonds is 5. The van der Waals surface area contributed by atoms with Gasteiger partial charge in [-0.3, -0.25) is 4.79 Å². The Morgan fingerprint density at radius 2 is 1.81 bits per heavy atom. The van der Waals surface area contributed by atoms with Gasteiger partial charge in [0.25, 0.3) is 5.56 Å². The van der Waals surface area contributed by atoms with Crippen molar-refractivity contribution in [2.24, 2.45) is 0 Å². The number of aromatic amines is 1. The average molecular weight is 362 g/mol. The predicted octanol–water partition coefficient (Wildman–Crippen LogP) is 3.69. The fraction of sp³-hybridized carbons (Fsp3) is 0.143. The van der Waals surface area contributed by atoms with Crippen LogP contribution in [0, 0.1) is 11.3 Å². The molecule has 3 aromatic rings. The van der Waals surface area contributed by atoms with Gasteiger partial charge >= 0.3 is 0 Å². The molecule has 0 aliphatic heterocycles. The normalized spacial score (nSPS) is 10.3. The van der Waals surface area contributed by atoms with Gasteiger partial charge < -0.3 is 19.6 Å². The summed E-state index contributed by atoms with van der Waals surface area (Å²) in [4.78, 5) is 15.2. The van der Waals surface area contributed by atoms with E-state index in [2.05, 4.69) is 4.98 Å². The van der Waals surface area contributed by atoms with Crippen LogP contribution in [0.4, 0.5) is 0 Å². The van der Waals surface area contributed by atoms with Crippen LogP contribution in [-0.2, 0) is 0 Å². The number of hydrogen-bond acceptors (Lipinski definition) is 5. The van der Waals surface area contributed by atoms with Crippen molar-refractivity contribution in [1.29, 1.82) is 5.26 Å². The minimum atomic E-state index is -0.481. The van der Waals surface area contributed by atoms with Gasteiger partial charge in [0.2, 0.25) is 0 Å². The van der Waals surface area contributed by atoms with Gasteiger partial charge in [-0.15, -0.1) is 0 Å². The van der Waals surface area contributed by atoms with E-state index in [1.165, 1.54) is 13.2 Å². The Labute approximate surface area is 156 Å². The Kier molecular flexibility index (Phi) is 5.13. The van der Waals surface area contributed by atoms with Crippen molar-refractivity contribution < 1.29 is 14.6 Å². The first-order valence-corrected chi connectivity index (χ1v) is 8.35. The first kappa shape index (κ1) is 18.1. The zero-order valence-corrected chi connectivity index (χ0v) is 14.9. The lowest BCUT2D eigenvalue weighted by Crippen LogP contribution is -2.12. The fourth-order valence-electron chi connectivity index (χ4n) is 2.80. The topological polar surface area (TPSA) is 95.3 Å². The number of H-pyrrole nitrogens is 1. The Balaban J connectivity index is 2.14. The van der Waals surface area contributed by atoms with Crippen LogP contribution in [0.15, 0.2) is 53.3 Å². The number of phenolic OH excluding ortho intramolecular Hbond substituents is 1. The minimum Gasteiger partial charge on any atom is -0.504 e. The zero-order valence-electron chi connectivity index (χ0n) is 14.9. The summed E-state index contributed by atoms with van der Waals surface area (Å²) < 4.78 is 10.6. The lowest BCUT2D eigenvalue weighted by Gasteiger charge is -2.11. The molecule has 6 nitrogen and oxygen atoms in total. The van der Waals surface area contributed by atoms with E-state index in [1.807, 2.05) is 37.3 Å². The van der Waals surface area contributed by atoms with Crippen molar-refractivity contribution in [1.82, 2.24) is 4.98 Å². The van der Waals surface area contributed by atoms with Crippen molar-refractivity contribution in [3.05, 3.63) is 64.4 Å². The second kappa shape index (κ2) is 7.67. The lowest BCUT2D eigenvalue weighted by molar-refractivity contribution is 0.340. The van der Waals surface area contributed by atoms with Crippen LogP contribution in [0.2, 0.25) is 0 Å². The van der Waals surface area contributed by atoms with Gasteiger partial charge in [-0.05, 0) is 60.5 Å². The maximum absolute atomic E-state index is 12.4. The first-order valence-electron chi connectivity index (χ1n) is 8.35. The number of benzene rings is 2. The van der Waals surface area contributed by atoms with Gasteiger partial charge in [-0.1, -0.05) is 6.07 Å². The van der Waals surface area contributed by atoms with Gasteiger partial charge in [0.15, 0.2) is 11.5 Å². The molecule has 2 aromatic carbocycles. The van der Waals surface area contributed by atoms with E-state index in [9.17, 15) is 15.2 Å². The molecule has 0 amide bonds. The summed E-state index contributed by atoms with van der Waals surface area (Å²) >= 11 is 0. The van der Waals surface area contributed by atoms with Gasteiger partial charge in [0, 0.05) is 11.3 Å². The number of aromatic hydroxyl groups is 1. The highest BCUT2D eigenvalue weighted by Gasteiger charge is 2.14. The highest BCUT2D eigenvalue weighted by molar-refractivity contribution is 5.76. The number of nitrogens with one attached hydrogen (secondary N) is 1. The Hall–Kier alpha value is -3.72. The van der Waals surface area contributed by atoms with Crippen LogP contribution >= 0.6 is 0 Å². The second-order valence-corrected chi connectivity index (χ2v) is 5.76. The molecule has 0 saturated carbocycles. The summed E-state index contributed by atoms with van der Waals surface area (Å²) in [6, 6.07) is 15.7. The third kappa shape index (κ3) is 3.62. The van der Waals surface area contributed by atoms with Crippen LogP contribution < -0.4 is 15.0 Å². The molecule has 0 saturated heterocycles. The Bertz CT molecular complexity index is 1060. The monoisotopic (exact) mass is 362 g/mol. The molecule has 27 heavy (non-hydrogen) atoms. The molecule has 136 valence electrons. The molecule has 6 heteroatoms. The molecule has 0 spiro atoms. The Morgan fingerprint density at radius 1 is 1.11 bits per heavy atom. The van der Waals surface area contributed by atoms with Crippen LogP contribution in [-0.4, -0.2) is 23.8 Å². The van der Waals surface area contributed by atoms with Gasteiger partial charge in [0.05, 0.1) is 13.7 Å². The maximum Gasteiger partial charge on any atom is 0.266 e. The summed E-state index contributed by atoms with van der Waals surface area (Å²) in [6.07, 6.45) is 0. The molecule has 0 aliphatic rings. The van der Waals surface area contributed by atoms with Gasteiger partial charge in [0.1, 0.15) is 17.4 Å². The number of nitriles is 1. The van der Waals surface area contributed by atoms with Crippen molar-refractivity contribution in [3.8, 4) is 45.7 Å². The number of nitrogens with zero attached hydrogens (tertiary/aromatic N) is 1. The number of hydrogen-bond donors (Lipinski definition) is 2. The molecule has 2 N–H and O–H groups in total. The van der Waals surface area contributed by atoms with E-state index in [1.54, 1.807) is 18.2 Å². The van der Waals surface area contributed by atoms with E-state index in [0.29, 0.717) is 23.4 Å². The van der Waals surface area contributed by atoms with Crippen molar-refractivity contribution >= 4 is 0 Å². The van der Waals surface area contributed by atoms with Gasteiger partial charge in [-0.2, -0.15) is 5.26 Å². The number of aromatic nitrogens is 1. The molecule has 0 radical (unpaired) electrons. The highest BCUT2D eigenvalue weighted by atomic mass is 16.5. The fourth-order valence-corrected chi connectivity index (χ4v) is 2.80. The van der Waals surface area contributed by atoms with Crippen LogP contribution in [0.25, 0.3) is 22.4 Å². The quantitative estimate of drug-likeness (QED) is 0.722. The van der Waals surface area contributed by atoms with E-state index < -0.39 is 5.56 Å². The molecule has 0 fully saturated rings. The second-order valence-electron chi connectivity index (χ2n) is 5.76. The molecular formula is C21H18N2O4. The van der Waals surface area contributed by atoms with E-state index in [4.69, 9.17) is 9.47 Å². The summed E-state index contributed by atoms with van der Waals surface area (Å²) in [7, 11) is 1.44. The zero-order chi connectivity index (χ0) is 19.4. The molecule has 0 unspecified atom stereocenters. The summed E-state index contributed by atoms with van der Waals surface area (Å²) in [5, 5.41) is 19.2. The highest BCUT2D eigenvalue weighted by Crippen LogP contribution is 2.33. The summed E-state index contributed by atoms with van der Waals surface area (Å²) in [6.45, 7) is 2.48. The predicted molar refractivity (Wildman–Crippen MR) is 102 cm³/mol. The molecular weight excluding hydrogens is 344 g/mol. The summed E-state index contributed by atoms with van der Waals surface area (Å²) in [5.74, 6) is 0.983. The van der Waals surface area contributed by atoms with Crippen molar-refractivity contribution in [2.75, 3.05) is 13.7 Å². The molecule has 0 bridgehead atoms. The van der Waals surface area contributed by atoms with E-state index >= 15 is 0 Å². The van der Waals surface area contributed by atoms with E-state index in [0.717, 1.165) is 11.3 Å². The van der Waals surface area contributed by atoms with Crippen LogP contribution in [0.5, 0.6) is 17.2 Å². The third-order valence-corrected chi connectivity index (χ3v) is 4.11. The first-order chi connectivity index (χ1) is 13.1. The molecule has 1 aromatic heterocycles. The molecule has 0 aliphatic carbocycles. The lowest BCUT2D eigenvalue weighted by atomic mass is 9.98. The smallest absolute Gasteiger partial charge is 0.266 e. The minimum absolute atomic E-state index is 0.00238. The summed E-state index contributed by atoms with van der Waals surface area (Å²) in [5.41, 5.74) is 1.93. The van der Waals surface area contributed by atoms with E-state index in [-0.39, 0.29) is 17.1 Å². The molecule has 3 rings (SSSR count). The maximum atomic E-state index is 12.4. The molecule has 0 atom stereocenters. The molecule has 1 heterocycles. The SMILES string of the molecule is CCOc1ccc(-c2cc(-c3ccc(O)c(OC)c3)c(C#N)c(=O)[nH]2)cc1. The largest absolute Gasteiger partial charge is 0.504 e.